The molecule has 2 aromatic rings. The topological polar surface area (TPSA) is 35.2 Å². The van der Waals surface area contributed by atoms with Crippen LogP contribution in [0, 0.1) is 0 Å². The van der Waals surface area contributed by atoms with Gasteiger partial charge in [-0.3, -0.25) is 0 Å². The van der Waals surface area contributed by atoms with E-state index in [0.29, 0.717) is 0 Å². The van der Waals surface area contributed by atoms with Crippen LogP contribution < -0.4 is 10.5 Å². The summed E-state index contributed by atoms with van der Waals surface area (Å²) in [4.78, 5) is 0. The molecule has 0 saturated heterocycles. The minimum absolute atomic E-state index is 0.000115. The van der Waals surface area contributed by atoms with Crippen molar-refractivity contribution in [2.45, 2.75) is 26.0 Å². The third-order valence-electron chi connectivity index (χ3n) is 3.04. The Morgan fingerprint density at radius 3 is 2.37 bits per heavy atom. The molecular formula is C16H18BrNO. The summed E-state index contributed by atoms with van der Waals surface area (Å²) in [5, 5.41) is 0. The van der Waals surface area contributed by atoms with Gasteiger partial charge in [0.1, 0.15) is 11.9 Å². The minimum atomic E-state index is -0.0597. The molecule has 19 heavy (non-hydrogen) atoms. The van der Waals surface area contributed by atoms with Gasteiger partial charge in [0.15, 0.2) is 0 Å². The maximum absolute atomic E-state index is 6.05. The van der Waals surface area contributed by atoms with E-state index in [2.05, 4.69) is 28.1 Å². The Hall–Kier alpha value is -1.32. The van der Waals surface area contributed by atoms with Gasteiger partial charge in [-0.1, -0.05) is 46.3 Å². The van der Waals surface area contributed by atoms with Crippen LogP contribution in [-0.2, 0) is 0 Å². The first-order valence-corrected chi connectivity index (χ1v) is 7.14. The van der Waals surface area contributed by atoms with Crippen LogP contribution in [0.15, 0.2) is 53.0 Å². The summed E-state index contributed by atoms with van der Waals surface area (Å²) in [7, 11) is 0. The van der Waals surface area contributed by atoms with Crippen LogP contribution in [0.4, 0.5) is 0 Å². The normalized spacial score (nSPS) is 13.9. The maximum atomic E-state index is 6.05. The molecule has 2 atom stereocenters. The summed E-state index contributed by atoms with van der Waals surface area (Å²) in [5.74, 6) is 0.842. The SMILES string of the molecule is CC(N)c1cc(Br)ccc1OC(C)c1ccccc1. The van der Waals surface area contributed by atoms with Crippen LogP contribution >= 0.6 is 15.9 Å². The Balaban J connectivity index is 2.24. The molecule has 2 unspecified atom stereocenters. The van der Waals surface area contributed by atoms with E-state index in [1.807, 2.05) is 50.2 Å². The average molecular weight is 320 g/mol. The van der Waals surface area contributed by atoms with E-state index in [9.17, 15) is 0 Å². The van der Waals surface area contributed by atoms with Crippen molar-refractivity contribution in [1.29, 1.82) is 0 Å². The van der Waals surface area contributed by atoms with E-state index in [-0.39, 0.29) is 12.1 Å². The quantitative estimate of drug-likeness (QED) is 0.893. The molecule has 3 heteroatoms. The highest BCUT2D eigenvalue weighted by atomic mass is 79.9. The van der Waals surface area contributed by atoms with Crippen LogP contribution in [-0.4, -0.2) is 0 Å². The lowest BCUT2D eigenvalue weighted by Crippen LogP contribution is -2.10. The highest BCUT2D eigenvalue weighted by molar-refractivity contribution is 9.10. The average Bonchev–Trinajstić information content (AvgIpc) is 2.41. The molecule has 0 bridgehead atoms. The fourth-order valence-electron chi connectivity index (χ4n) is 1.97. The molecule has 0 amide bonds. The van der Waals surface area contributed by atoms with Crippen molar-refractivity contribution in [1.82, 2.24) is 0 Å². The Morgan fingerprint density at radius 2 is 1.74 bits per heavy atom. The largest absolute Gasteiger partial charge is 0.486 e. The third kappa shape index (κ3) is 3.58. The molecule has 0 saturated carbocycles. The smallest absolute Gasteiger partial charge is 0.125 e. The molecule has 0 aromatic heterocycles. The summed E-state index contributed by atoms with van der Waals surface area (Å²) in [6.45, 7) is 4.00. The third-order valence-corrected chi connectivity index (χ3v) is 3.53. The number of ether oxygens (including phenoxy) is 1. The van der Waals surface area contributed by atoms with Crippen molar-refractivity contribution in [3.63, 3.8) is 0 Å². The predicted octanol–water partition coefficient (Wildman–Crippen LogP) is 4.61. The lowest BCUT2D eigenvalue weighted by atomic mass is 10.1. The summed E-state index contributed by atoms with van der Waals surface area (Å²) < 4.78 is 7.06. The van der Waals surface area contributed by atoms with Crippen molar-refractivity contribution in [2.24, 2.45) is 5.73 Å². The molecule has 2 rings (SSSR count). The number of hydrogen-bond donors (Lipinski definition) is 1. The van der Waals surface area contributed by atoms with Gasteiger partial charge in [-0.25, -0.2) is 0 Å². The van der Waals surface area contributed by atoms with Crippen molar-refractivity contribution in [2.75, 3.05) is 0 Å². The van der Waals surface area contributed by atoms with Crippen molar-refractivity contribution in [3.8, 4) is 5.75 Å². The second-order valence-corrected chi connectivity index (χ2v) is 5.56. The molecule has 0 aliphatic rings. The van der Waals surface area contributed by atoms with Gasteiger partial charge in [0.05, 0.1) is 0 Å². The van der Waals surface area contributed by atoms with Gasteiger partial charge < -0.3 is 10.5 Å². The fourth-order valence-corrected chi connectivity index (χ4v) is 2.34. The molecule has 0 aliphatic carbocycles. The molecule has 0 spiro atoms. The first-order valence-electron chi connectivity index (χ1n) is 6.34. The van der Waals surface area contributed by atoms with E-state index in [1.54, 1.807) is 0 Å². The van der Waals surface area contributed by atoms with Gasteiger partial charge in [0.25, 0.3) is 0 Å². The van der Waals surface area contributed by atoms with E-state index in [0.717, 1.165) is 21.3 Å². The van der Waals surface area contributed by atoms with Crippen LogP contribution in [0.1, 0.15) is 37.1 Å². The van der Waals surface area contributed by atoms with Gasteiger partial charge in [-0.2, -0.15) is 0 Å². The van der Waals surface area contributed by atoms with Crippen LogP contribution in [0.25, 0.3) is 0 Å². The van der Waals surface area contributed by atoms with Gasteiger partial charge in [0, 0.05) is 16.1 Å². The number of halogens is 1. The number of benzene rings is 2. The van der Waals surface area contributed by atoms with Gasteiger partial charge in [0.2, 0.25) is 0 Å². The summed E-state index contributed by atoms with van der Waals surface area (Å²) in [5.41, 5.74) is 8.16. The zero-order chi connectivity index (χ0) is 13.8. The Labute approximate surface area is 122 Å². The standard InChI is InChI=1S/C16H18BrNO/c1-11(18)15-10-14(17)8-9-16(15)19-12(2)13-6-4-3-5-7-13/h3-12H,18H2,1-2H3. The summed E-state index contributed by atoms with van der Waals surface area (Å²) in [6.07, 6.45) is -0.000115. The number of rotatable bonds is 4. The highest BCUT2D eigenvalue weighted by Gasteiger charge is 2.13. The molecule has 2 nitrogen and oxygen atoms in total. The van der Waals surface area contributed by atoms with E-state index >= 15 is 0 Å². The van der Waals surface area contributed by atoms with Crippen LogP contribution in [0.3, 0.4) is 0 Å². The monoisotopic (exact) mass is 319 g/mol. The van der Waals surface area contributed by atoms with Gasteiger partial charge in [-0.15, -0.1) is 0 Å². The second kappa shape index (κ2) is 6.22. The minimum Gasteiger partial charge on any atom is -0.486 e. The molecule has 2 aromatic carbocycles. The molecule has 2 N–H and O–H groups in total. The van der Waals surface area contributed by atoms with Gasteiger partial charge in [-0.05, 0) is 37.6 Å². The van der Waals surface area contributed by atoms with Gasteiger partial charge >= 0.3 is 0 Å². The summed E-state index contributed by atoms with van der Waals surface area (Å²) >= 11 is 3.46. The molecule has 100 valence electrons. The first-order chi connectivity index (χ1) is 9.08. The first kappa shape index (κ1) is 14.1. The molecular weight excluding hydrogens is 302 g/mol. The molecule has 0 aliphatic heterocycles. The van der Waals surface area contributed by atoms with Crippen molar-refractivity contribution >= 4 is 15.9 Å². The van der Waals surface area contributed by atoms with E-state index < -0.39 is 0 Å². The summed E-state index contributed by atoms with van der Waals surface area (Å²) in [6, 6.07) is 16.1. The zero-order valence-corrected chi connectivity index (χ0v) is 12.7. The van der Waals surface area contributed by atoms with Crippen LogP contribution in [0.2, 0.25) is 0 Å². The van der Waals surface area contributed by atoms with Crippen LogP contribution in [0.5, 0.6) is 5.75 Å². The lowest BCUT2D eigenvalue weighted by molar-refractivity contribution is 0.223. The predicted molar refractivity (Wildman–Crippen MR) is 82.2 cm³/mol. The number of nitrogens with two attached hydrogens (primary N) is 1. The van der Waals surface area contributed by atoms with E-state index in [1.165, 1.54) is 0 Å². The highest BCUT2D eigenvalue weighted by Crippen LogP contribution is 2.30. The maximum Gasteiger partial charge on any atom is 0.125 e. The molecule has 0 radical (unpaired) electrons. The number of hydrogen-bond acceptors (Lipinski definition) is 2. The molecule has 0 fully saturated rings. The second-order valence-electron chi connectivity index (χ2n) is 4.64. The van der Waals surface area contributed by atoms with E-state index in [4.69, 9.17) is 10.5 Å². The Morgan fingerprint density at radius 1 is 1.05 bits per heavy atom. The Kier molecular flexibility index (Phi) is 4.61. The molecule has 0 heterocycles. The van der Waals surface area contributed by atoms with Crippen molar-refractivity contribution in [3.05, 3.63) is 64.1 Å². The zero-order valence-electron chi connectivity index (χ0n) is 11.1. The van der Waals surface area contributed by atoms with Crippen molar-refractivity contribution < 1.29 is 4.74 Å². The lowest BCUT2D eigenvalue weighted by Gasteiger charge is -2.19. The fraction of sp³-hybridized carbons (Fsp3) is 0.250. The Bertz CT molecular complexity index is 540.